The van der Waals surface area contributed by atoms with Gasteiger partial charge in [0.15, 0.2) is 0 Å². The Labute approximate surface area is 126 Å². The first-order chi connectivity index (χ1) is 9.49. The van der Waals surface area contributed by atoms with Crippen LogP contribution in [0.2, 0.25) is 0 Å². The van der Waals surface area contributed by atoms with Gasteiger partial charge in [-0.1, -0.05) is 20.3 Å². The van der Waals surface area contributed by atoms with E-state index in [0.29, 0.717) is 17.4 Å². The zero-order valence-corrected chi connectivity index (χ0v) is 14.0. The average molecular weight is 316 g/mol. The summed E-state index contributed by atoms with van der Waals surface area (Å²) in [5, 5.41) is 5.22. The number of nitrogens with one attached hydrogen (secondary N) is 2. The van der Waals surface area contributed by atoms with Gasteiger partial charge in [0.25, 0.3) is 0 Å². The summed E-state index contributed by atoms with van der Waals surface area (Å²) in [5.74, 6) is 0.519. The van der Waals surface area contributed by atoms with Crippen LogP contribution in [0.15, 0.2) is 10.3 Å². The summed E-state index contributed by atoms with van der Waals surface area (Å²) in [4.78, 5) is 1.41. The maximum absolute atomic E-state index is 12.5. The van der Waals surface area contributed by atoms with Crippen molar-refractivity contribution in [1.29, 1.82) is 0 Å². The number of rotatable bonds is 8. The molecule has 2 atom stereocenters. The molecule has 1 aliphatic carbocycles. The molecule has 0 amide bonds. The maximum atomic E-state index is 12.5. The normalized spacial score (nSPS) is 22.1. The molecule has 20 heavy (non-hydrogen) atoms. The predicted molar refractivity (Wildman–Crippen MR) is 83.6 cm³/mol. The van der Waals surface area contributed by atoms with Crippen LogP contribution in [0.1, 0.15) is 43.6 Å². The first-order valence-electron chi connectivity index (χ1n) is 7.29. The van der Waals surface area contributed by atoms with Crippen LogP contribution < -0.4 is 10.0 Å². The molecule has 114 valence electrons. The van der Waals surface area contributed by atoms with Gasteiger partial charge in [0.05, 0.1) is 0 Å². The van der Waals surface area contributed by atoms with Gasteiger partial charge < -0.3 is 5.32 Å². The van der Waals surface area contributed by atoms with Crippen LogP contribution in [-0.2, 0) is 16.6 Å². The Morgan fingerprint density at radius 1 is 1.40 bits per heavy atom. The summed E-state index contributed by atoms with van der Waals surface area (Å²) in [7, 11) is -3.37. The highest BCUT2D eigenvalue weighted by molar-refractivity contribution is 7.89. The van der Waals surface area contributed by atoms with Crippen LogP contribution >= 0.6 is 11.3 Å². The summed E-state index contributed by atoms with van der Waals surface area (Å²) < 4.78 is 28.0. The van der Waals surface area contributed by atoms with E-state index >= 15 is 0 Å². The quantitative estimate of drug-likeness (QED) is 0.725. The van der Waals surface area contributed by atoms with E-state index in [1.165, 1.54) is 11.3 Å². The molecule has 2 N–H and O–H groups in total. The zero-order valence-electron chi connectivity index (χ0n) is 12.4. The van der Waals surface area contributed by atoms with Crippen molar-refractivity contribution in [2.45, 2.75) is 57.5 Å². The van der Waals surface area contributed by atoms with Crippen LogP contribution in [0.4, 0.5) is 0 Å². The molecule has 2 unspecified atom stereocenters. The molecule has 1 heterocycles. The number of sulfonamides is 1. The SMILES string of the molecule is CCCNCc1scc(C)c1S(=O)(=O)NC1CC1CC. The van der Waals surface area contributed by atoms with Gasteiger partial charge in [-0.25, -0.2) is 13.1 Å². The summed E-state index contributed by atoms with van der Waals surface area (Å²) in [6, 6.07) is 0.140. The molecule has 1 aromatic heterocycles. The summed E-state index contributed by atoms with van der Waals surface area (Å²) >= 11 is 1.53. The highest BCUT2D eigenvalue weighted by Gasteiger charge is 2.39. The van der Waals surface area contributed by atoms with E-state index < -0.39 is 10.0 Å². The van der Waals surface area contributed by atoms with Crippen molar-refractivity contribution < 1.29 is 8.42 Å². The molecular formula is C14H24N2O2S2. The number of hydrogen-bond donors (Lipinski definition) is 2. The number of hydrogen-bond acceptors (Lipinski definition) is 4. The fourth-order valence-electron chi connectivity index (χ4n) is 2.45. The largest absolute Gasteiger partial charge is 0.312 e. The maximum Gasteiger partial charge on any atom is 0.242 e. The molecule has 0 aromatic carbocycles. The van der Waals surface area contributed by atoms with Crippen molar-refractivity contribution in [3.05, 3.63) is 15.8 Å². The lowest BCUT2D eigenvalue weighted by Gasteiger charge is -2.09. The minimum Gasteiger partial charge on any atom is -0.312 e. The molecule has 0 aliphatic heterocycles. The van der Waals surface area contributed by atoms with Crippen LogP contribution in [-0.4, -0.2) is 21.0 Å². The van der Waals surface area contributed by atoms with E-state index in [9.17, 15) is 8.42 Å². The molecule has 1 saturated carbocycles. The van der Waals surface area contributed by atoms with E-state index in [4.69, 9.17) is 0 Å². The van der Waals surface area contributed by atoms with E-state index in [-0.39, 0.29) is 6.04 Å². The second kappa shape index (κ2) is 6.56. The van der Waals surface area contributed by atoms with Crippen molar-refractivity contribution in [3.63, 3.8) is 0 Å². The Morgan fingerprint density at radius 2 is 2.15 bits per heavy atom. The van der Waals surface area contributed by atoms with Gasteiger partial charge in [0.1, 0.15) is 4.90 Å². The second-order valence-corrected chi connectivity index (χ2v) is 8.09. The fraction of sp³-hybridized carbons (Fsp3) is 0.714. The van der Waals surface area contributed by atoms with Gasteiger partial charge in [-0.3, -0.25) is 0 Å². The smallest absolute Gasteiger partial charge is 0.242 e. The average Bonchev–Trinajstić information content (AvgIpc) is 3.01. The Balaban J connectivity index is 2.11. The number of thiophene rings is 1. The van der Waals surface area contributed by atoms with E-state index in [2.05, 4.69) is 23.9 Å². The third-order valence-electron chi connectivity index (χ3n) is 3.72. The second-order valence-electron chi connectivity index (χ2n) is 5.48. The lowest BCUT2D eigenvalue weighted by Crippen LogP contribution is -2.28. The molecule has 0 saturated heterocycles. The standard InChI is InChI=1S/C14H24N2O2S2/c1-4-6-15-8-13-14(10(3)9-19-13)20(17,18)16-12-7-11(12)5-2/h9,11-12,15-16H,4-8H2,1-3H3. The molecule has 1 fully saturated rings. The van der Waals surface area contributed by atoms with Gasteiger partial charge in [0.2, 0.25) is 10.0 Å². The molecule has 2 rings (SSSR count). The van der Waals surface area contributed by atoms with Crippen LogP contribution in [0.3, 0.4) is 0 Å². The zero-order chi connectivity index (χ0) is 14.8. The lowest BCUT2D eigenvalue weighted by atomic mass is 10.3. The Morgan fingerprint density at radius 3 is 2.75 bits per heavy atom. The molecule has 4 nitrogen and oxygen atoms in total. The Bertz CT molecular complexity index is 552. The molecule has 1 aromatic rings. The molecule has 0 bridgehead atoms. The summed E-state index contributed by atoms with van der Waals surface area (Å²) in [6.07, 6.45) is 3.06. The first-order valence-corrected chi connectivity index (χ1v) is 9.65. The summed E-state index contributed by atoms with van der Waals surface area (Å²) in [5.41, 5.74) is 0.851. The Kier molecular flexibility index (Phi) is 5.23. The van der Waals surface area contributed by atoms with Gasteiger partial charge >= 0.3 is 0 Å². The molecule has 1 aliphatic rings. The minimum absolute atomic E-state index is 0.140. The van der Waals surface area contributed by atoms with Crippen LogP contribution in [0.5, 0.6) is 0 Å². The van der Waals surface area contributed by atoms with Crippen molar-refractivity contribution >= 4 is 21.4 Å². The number of aryl methyl sites for hydroxylation is 1. The molecular weight excluding hydrogens is 292 g/mol. The van der Waals surface area contributed by atoms with Gasteiger partial charge in [-0.2, -0.15) is 0 Å². The van der Waals surface area contributed by atoms with Gasteiger partial charge in [-0.15, -0.1) is 11.3 Å². The van der Waals surface area contributed by atoms with E-state index in [0.717, 1.165) is 36.2 Å². The Hall–Kier alpha value is -0.430. The van der Waals surface area contributed by atoms with Crippen LogP contribution in [0, 0.1) is 12.8 Å². The lowest BCUT2D eigenvalue weighted by molar-refractivity contribution is 0.573. The van der Waals surface area contributed by atoms with Crippen molar-refractivity contribution in [1.82, 2.24) is 10.0 Å². The molecule has 0 spiro atoms. The molecule has 0 radical (unpaired) electrons. The first kappa shape index (κ1) is 15.9. The van der Waals surface area contributed by atoms with Crippen molar-refractivity contribution in [2.24, 2.45) is 5.92 Å². The molecule has 6 heteroatoms. The fourth-order valence-corrected chi connectivity index (χ4v) is 5.55. The van der Waals surface area contributed by atoms with E-state index in [1.807, 2.05) is 12.3 Å². The van der Waals surface area contributed by atoms with Crippen LogP contribution in [0.25, 0.3) is 0 Å². The van der Waals surface area contributed by atoms with Gasteiger partial charge in [-0.05, 0) is 43.2 Å². The predicted octanol–water partition coefficient (Wildman–Crippen LogP) is 2.63. The van der Waals surface area contributed by atoms with Gasteiger partial charge in [0, 0.05) is 17.5 Å². The third-order valence-corrected chi connectivity index (χ3v) is 6.68. The van der Waals surface area contributed by atoms with E-state index in [1.54, 1.807) is 0 Å². The monoisotopic (exact) mass is 316 g/mol. The third kappa shape index (κ3) is 3.61. The van der Waals surface area contributed by atoms with Crippen molar-refractivity contribution in [2.75, 3.05) is 6.54 Å². The topological polar surface area (TPSA) is 58.2 Å². The highest BCUT2D eigenvalue weighted by Crippen LogP contribution is 2.35. The minimum atomic E-state index is -3.37. The summed E-state index contributed by atoms with van der Waals surface area (Å²) in [6.45, 7) is 7.62. The highest BCUT2D eigenvalue weighted by atomic mass is 32.2. The van der Waals surface area contributed by atoms with Crippen molar-refractivity contribution in [3.8, 4) is 0 Å².